The van der Waals surface area contributed by atoms with Gasteiger partial charge in [-0.3, -0.25) is 4.79 Å². The lowest BCUT2D eigenvalue weighted by Crippen LogP contribution is -2.23. The lowest BCUT2D eigenvalue weighted by Gasteiger charge is -2.05. The van der Waals surface area contributed by atoms with Crippen molar-refractivity contribution < 1.29 is 9.32 Å². The molecular weight excluding hydrogens is 220 g/mol. The van der Waals surface area contributed by atoms with E-state index in [9.17, 15) is 4.79 Å². The number of nitrogens with zero attached hydrogens (tertiary/aromatic N) is 2. The second kappa shape index (κ2) is 4.65. The minimum atomic E-state index is -0.196. The first kappa shape index (κ1) is 11.1. The molecule has 0 saturated carbocycles. The largest absolute Gasteiger partial charge is 0.399 e. The first-order chi connectivity index (χ1) is 8.16. The van der Waals surface area contributed by atoms with Gasteiger partial charge in [-0.15, -0.1) is 0 Å². The van der Waals surface area contributed by atoms with E-state index in [-0.39, 0.29) is 12.5 Å². The zero-order valence-electron chi connectivity index (χ0n) is 9.30. The van der Waals surface area contributed by atoms with Crippen molar-refractivity contribution in [3.05, 3.63) is 41.5 Å². The molecule has 0 radical (unpaired) electrons. The highest BCUT2D eigenvalue weighted by Gasteiger charge is 2.07. The van der Waals surface area contributed by atoms with Crippen molar-refractivity contribution in [2.45, 2.75) is 13.5 Å². The smallest absolute Gasteiger partial charge is 0.251 e. The second-order valence-corrected chi connectivity index (χ2v) is 3.60. The van der Waals surface area contributed by atoms with Crippen LogP contribution in [0, 0.1) is 6.92 Å². The Balaban J connectivity index is 2.02. The number of benzene rings is 1. The zero-order chi connectivity index (χ0) is 12.3. The summed E-state index contributed by atoms with van der Waals surface area (Å²) >= 11 is 0. The van der Waals surface area contributed by atoms with E-state index in [4.69, 9.17) is 5.73 Å². The van der Waals surface area contributed by atoms with Crippen LogP contribution < -0.4 is 11.1 Å². The van der Waals surface area contributed by atoms with Crippen LogP contribution in [0.25, 0.3) is 0 Å². The number of carbonyl (C=O) groups excluding carboxylic acids is 1. The van der Waals surface area contributed by atoms with Gasteiger partial charge < -0.3 is 15.6 Å². The van der Waals surface area contributed by atoms with Crippen LogP contribution in [0.4, 0.5) is 5.69 Å². The summed E-state index contributed by atoms with van der Waals surface area (Å²) < 4.78 is 4.56. The van der Waals surface area contributed by atoms with Crippen LogP contribution in [-0.2, 0) is 6.54 Å². The third kappa shape index (κ3) is 2.60. The Morgan fingerprint density at radius 2 is 2.35 bits per heavy atom. The van der Waals surface area contributed by atoms with Crippen LogP contribution in [0.2, 0.25) is 0 Å². The minimum absolute atomic E-state index is 0.196. The van der Waals surface area contributed by atoms with E-state index < -0.39 is 0 Å². The number of nitrogens with two attached hydrogens (primary N) is 1. The van der Waals surface area contributed by atoms with Crippen molar-refractivity contribution >= 4 is 11.6 Å². The summed E-state index contributed by atoms with van der Waals surface area (Å²) in [5.41, 5.74) is 7.77. The quantitative estimate of drug-likeness (QED) is 0.766. The molecule has 3 N–H and O–H groups in total. The van der Waals surface area contributed by atoms with Gasteiger partial charge in [-0.25, -0.2) is 0 Å². The second-order valence-electron chi connectivity index (χ2n) is 3.60. The van der Waals surface area contributed by atoms with Crippen LogP contribution in [-0.4, -0.2) is 16.0 Å². The number of aromatic nitrogens is 2. The Kier molecular flexibility index (Phi) is 3.04. The topological polar surface area (TPSA) is 94.0 Å². The van der Waals surface area contributed by atoms with Crippen molar-refractivity contribution in [3.63, 3.8) is 0 Å². The summed E-state index contributed by atoms with van der Waals surface area (Å²) in [7, 11) is 0. The zero-order valence-corrected chi connectivity index (χ0v) is 9.30. The Hall–Kier alpha value is -2.37. The van der Waals surface area contributed by atoms with E-state index >= 15 is 0 Å². The monoisotopic (exact) mass is 232 g/mol. The molecule has 1 heterocycles. The van der Waals surface area contributed by atoms with Crippen LogP contribution in [0.1, 0.15) is 21.7 Å². The van der Waals surface area contributed by atoms with Gasteiger partial charge >= 0.3 is 0 Å². The molecule has 0 aliphatic heterocycles. The molecule has 88 valence electrons. The molecule has 0 fully saturated rings. The van der Waals surface area contributed by atoms with Crippen molar-refractivity contribution in [1.82, 2.24) is 15.5 Å². The predicted molar refractivity (Wildman–Crippen MR) is 61.1 cm³/mol. The Morgan fingerprint density at radius 1 is 1.53 bits per heavy atom. The number of nitrogen functional groups attached to an aromatic ring is 1. The van der Waals surface area contributed by atoms with Crippen LogP contribution in [0.3, 0.4) is 0 Å². The number of hydrogen-bond acceptors (Lipinski definition) is 5. The molecule has 0 aliphatic rings. The molecule has 0 atom stereocenters. The molecule has 0 saturated heterocycles. The highest BCUT2D eigenvalue weighted by molar-refractivity contribution is 5.94. The van der Waals surface area contributed by atoms with Crippen molar-refractivity contribution in [3.8, 4) is 0 Å². The molecule has 0 bridgehead atoms. The lowest BCUT2D eigenvalue weighted by atomic mass is 10.1. The maximum atomic E-state index is 11.8. The minimum Gasteiger partial charge on any atom is -0.399 e. The Bertz CT molecular complexity index is 522. The van der Waals surface area contributed by atoms with E-state index in [0.29, 0.717) is 17.1 Å². The molecule has 6 heteroatoms. The third-order valence-electron chi connectivity index (χ3n) is 2.35. The van der Waals surface area contributed by atoms with Gasteiger partial charge in [-0.2, -0.15) is 4.98 Å². The van der Waals surface area contributed by atoms with Gasteiger partial charge in [-0.05, 0) is 30.7 Å². The number of aryl methyl sites for hydroxylation is 1. The maximum absolute atomic E-state index is 11.8. The van der Waals surface area contributed by atoms with E-state index in [0.717, 1.165) is 5.56 Å². The van der Waals surface area contributed by atoms with Gasteiger partial charge in [0.05, 0.1) is 6.54 Å². The standard InChI is InChI=1S/C11H12N4O2/c1-7-4-8(2-3-9(7)12)11(16)13-5-10-14-6-17-15-10/h2-4,6H,5,12H2,1H3,(H,13,16). The van der Waals surface area contributed by atoms with Crippen LogP contribution in [0.5, 0.6) is 0 Å². The molecule has 2 rings (SSSR count). The molecular formula is C11H12N4O2. The lowest BCUT2D eigenvalue weighted by molar-refractivity contribution is 0.0949. The molecule has 0 spiro atoms. The summed E-state index contributed by atoms with van der Waals surface area (Å²) in [6, 6.07) is 5.12. The maximum Gasteiger partial charge on any atom is 0.251 e. The molecule has 0 unspecified atom stereocenters. The molecule has 17 heavy (non-hydrogen) atoms. The fraction of sp³-hybridized carbons (Fsp3) is 0.182. The van der Waals surface area contributed by atoms with Gasteiger partial charge in [0.15, 0.2) is 5.82 Å². The number of rotatable bonds is 3. The average Bonchev–Trinajstić information content (AvgIpc) is 2.82. The summed E-state index contributed by atoms with van der Waals surface area (Å²) in [6.07, 6.45) is 1.22. The van der Waals surface area contributed by atoms with E-state index in [1.165, 1.54) is 6.39 Å². The van der Waals surface area contributed by atoms with Crippen LogP contribution >= 0.6 is 0 Å². The average molecular weight is 232 g/mol. The highest BCUT2D eigenvalue weighted by atomic mass is 16.5. The normalized spacial score (nSPS) is 10.2. The summed E-state index contributed by atoms with van der Waals surface area (Å²) in [6.45, 7) is 2.09. The van der Waals surface area contributed by atoms with Gasteiger partial charge in [-0.1, -0.05) is 5.16 Å². The number of hydrogen-bond donors (Lipinski definition) is 2. The fourth-order valence-electron chi connectivity index (χ4n) is 1.35. The van der Waals surface area contributed by atoms with Crippen LogP contribution in [0.15, 0.2) is 29.1 Å². The summed E-state index contributed by atoms with van der Waals surface area (Å²) in [5, 5.41) is 6.28. The van der Waals surface area contributed by atoms with Crippen molar-refractivity contribution in [2.75, 3.05) is 5.73 Å². The number of amides is 1. The number of anilines is 1. The first-order valence-corrected chi connectivity index (χ1v) is 5.06. The Labute approximate surface area is 97.8 Å². The van der Waals surface area contributed by atoms with E-state index in [2.05, 4.69) is 20.0 Å². The third-order valence-corrected chi connectivity index (χ3v) is 2.35. The van der Waals surface area contributed by atoms with E-state index in [1.807, 2.05) is 6.92 Å². The molecule has 1 aromatic heterocycles. The summed E-state index contributed by atoms with van der Waals surface area (Å²) in [5.74, 6) is 0.239. The molecule has 6 nitrogen and oxygen atoms in total. The molecule has 1 aromatic carbocycles. The SMILES string of the molecule is Cc1cc(C(=O)NCc2ncon2)ccc1N. The van der Waals surface area contributed by atoms with E-state index in [1.54, 1.807) is 18.2 Å². The van der Waals surface area contributed by atoms with Gasteiger partial charge in [0.25, 0.3) is 5.91 Å². The Morgan fingerprint density at radius 3 is 3.00 bits per heavy atom. The van der Waals surface area contributed by atoms with Crippen molar-refractivity contribution in [1.29, 1.82) is 0 Å². The highest BCUT2D eigenvalue weighted by Crippen LogP contribution is 2.12. The van der Waals surface area contributed by atoms with Crippen molar-refractivity contribution in [2.24, 2.45) is 0 Å². The molecule has 1 amide bonds. The summed E-state index contributed by atoms with van der Waals surface area (Å²) in [4.78, 5) is 15.6. The van der Waals surface area contributed by atoms with Gasteiger partial charge in [0.1, 0.15) is 0 Å². The number of carbonyl (C=O) groups is 1. The first-order valence-electron chi connectivity index (χ1n) is 5.06. The predicted octanol–water partition coefficient (Wildman–Crippen LogP) is 0.890. The molecule has 0 aliphatic carbocycles. The fourth-order valence-corrected chi connectivity index (χ4v) is 1.35. The van der Waals surface area contributed by atoms with Gasteiger partial charge in [0, 0.05) is 11.3 Å². The molecule has 2 aromatic rings. The van der Waals surface area contributed by atoms with Gasteiger partial charge in [0.2, 0.25) is 6.39 Å². The number of nitrogens with one attached hydrogen (secondary N) is 1.